The van der Waals surface area contributed by atoms with Crippen LogP contribution >= 0.6 is 8.15 Å². The molecular formula is C14H27OP. The second-order valence-electron chi connectivity index (χ2n) is 5.42. The van der Waals surface area contributed by atoms with Gasteiger partial charge in [-0.2, -0.15) is 0 Å². The maximum absolute atomic E-state index is 6.32. The molecule has 16 heavy (non-hydrogen) atoms. The van der Waals surface area contributed by atoms with Crippen LogP contribution in [0.15, 0.2) is 0 Å². The molecule has 94 valence electrons. The van der Waals surface area contributed by atoms with E-state index >= 15 is 0 Å². The molecule has 0 amide bonds. The summed E-state index contributed by atoms with van der Waals surface area (Å²) in [6.07, 6.45) is 14.3. The normalized spacial score (nSPS) is 23.6. The molecule has 0 aromatic heterocycles. The highest BCUT2D eigenvalue weighted by atomic mass is 31.1. The molecule has 2 aliphatic carbocycles. The lowest BCUT2D eigenvalue weighted by Crippen LogP contribution is -2.12. The molecule has 0 N–H and O–H groups in total. The van der Waals surface area contributed by atoms with Crippen molar-refractivity contribution in [3.63, 3.8) is 0 Å². The Bertz CT molecular complexity index is 167. The lowest BCUT2D eigenvalue weighted by molar-refractivity contribution is 0.331. The molecule has 0 spiro atoms. The predicted octanol–water partition coefficient (Wildman–Crippen LogP) is 5.09. The van der Waals surface area contributed by atoms with Crippen LogP contribution in [0.1, 0.15) is 71.1 Å². The van der Waals surface area contributed by atoms with Crippen molar-refractivity contribution in [2.24, 2.45) is 0 Å². The van der Waals surface area contributed by atoms with Crippen molar-refractivity contribution >= 4 is 8.15 Å². The molecule has 0 heterocycles. The first kappa shape index (κ1) is 12.8. The summed E-state index contributed by atoms with van der Waals surface area (Å²) >= 11 is 0. The van der Waals surface area contributed by atoms with Crippen molar-refractivity contribution in [2.45, 2.75) is 82.4 Å². The van der Waals surface area contributed by atoms with Gasteiger partial charge in [-0.15, -0.1) is 0 Å². The zero-order valence-corrected chi connectivity index (χ0v) is 11.7. The summed E-state index contributed by atoms with van der Waals surface area (Å²) in [4.78, 5) is 0. The molecule has 0 aliphatic heterocycles. The topological polar surface area (TPSA) is 9.23 Å². The van der Waals surface area contributed by atoms with Crippen LogP contribution in [0, 0.1) is 0 Å². The minimum absolute atomic E-state index is 0.0745. The third-order valence-electron chi connectivity index (χ3n) is 4.11. The fourth-order valence-corrected chi connectivity index (χ4v) is 6.25. The molecule has 0 unspecified atom stereocenters. The van der Waals surface area contributed by atoms with Crippen LogP contribution in [0.4, 0.5) is 0 Å². The van der Waals surface area contributed by atoms with E-state index in [1.165, 1.54) is 64.2 Å². The Morgan fingerprint density at radius 1 is 0.938 bits per heavy atom. The summed E-state index contributed by atoms with van der Waals surface area (Å²) in [5.41, 5.74) is 1.94. The smallest absolute Gasteiger partial charge is 0.0509 e. The van der Waals surface area contributed by atoms with Gasteiger partial charge in [0.25, 0.3) is 0 Å². The second kappa shape index (κ2) is 6.97. The van der Waals surface area contributed by atoms with Crippen LogP contribution < -0.4 is 0 Å². The molecule has 0 radical (unpaired) electrons. The molecule has 0 aromatic rings. The van der Waals surface area contributed by atoms with Crippen molar-refractivity contribution in [2.75, 3.05) is 6.61 Å². The fourth-order valence-electron chi connectivity index (χ4n) is 3.14. The van der Waals surface area contributed by atoms with Crippen molar-refractivity contribution in [1.82, 2.24) is 0 Å². The molecule has 2 saturated carbocycles. The highest BCUT2D eigenvalue weighted by Crippen LogP contribution is 2.57. The van der Waals surface area contributed by atoms with Crippen molar-refractivity contribution in [1.29, 1.82) is 0 Å². The zero-order valence-electron chi connectivity index (χ0n) is 10.8. The van der Waals surface area contributed by atoms with Gasteiger partial charge in [-0.05, 0) is 32.1 Å². The van der Waals surface area contributed by atoms with Crippen molar-refractivity contribution < 1.29 is 4.52 Å². The van der Waals surface area contributed by atoms with Gasteiger partial charge in [0.2, 0.25) is 0 Å². The van der Waals surface area contributed by atoms with E-state index in [4.69, 9.17) is 4.52 Å². The molecule has 1 nitrogen and oxygen atoms in total. The third-order valence-corrected chi connectivity index (χ3v) is 7.06. The molecule has 0 aromatic carbocycles. The first-order chi connectivity index (χ1) is 7.92. The predicted molar refractivity (Wildman–Crippen MR) is 72.3 cm³/mol. The summed E-state index contributed by atoms with van der Waals surface area (Å²) in [6, 6.07) is 0. The van der Waals surface area contributed by atoms with Crippen LogP contribution in [-0.4, -0.2) is 17.9 Å². The van der Waals surface area contributed by atoms with Gasteiger partial charge in [0, 0.05) is 19.5 Å². The van der Waals surface area contributed by atoms with Gasteiger partial charge in [0.1, 0.15) is 0 Å². The highest BCUT2D eigenvalue weighted by molar-refractivity contribution is 7.54. The van der Waals surface area contributed by atoms with Crippen LogP contribution in [-0.2, 0) is 4.52 Å². The SMILES string of the molecule is CCCCOP(C1CCCC1)C1CCCC1. The van der Waals surface area contributed by atoms with Gasteiger partial charge in [-0.3, -0.25) is 0 Å². The Morgan fingerprint density at radius 3 is 1.88 bits per heavy atom. The first-order valence-electron chi connectivity index (χ1n) is 7.33. The Labute approximate surface area is 102 Å². The van der Waals surface area contributed by atoms with E-state index in [1.54, 1.807) is 0 Å². The van der Waals surface area contributed by atoms with Crippen molar-refractivity contribution in [3.05, 3.63) is 0 Å². The number of unbranched alkanes of at least 4 members (excludes halogenated alkanes) is 1. The molecular weight excluding hydrogens is 215 g/mol. The lowest BCUT2D eigenvalue weighted by Gasteiger charge is -2.29. The summed E-state index contributed by atoms with van der Waals surface area (Å²) in [6.45, 7) is 3.30. The highest BCUT2D eigenvalue weighted by Gasteiger charge is 2.33. The minimum Gasteiger partial charge on any atom is -0.359 e. The average molecular weight is 242 g/mol. The minimum atomic E-state index is -0.0745. The van der Waals surface area contributed by atoms with Crippen molar-refractivity contribution in [3.8, 4) is 0 Å². The van der Waals surface area contributed by atoms with Gasteiger partial charge in [-0.1, -0.05) is 39.0 Å². The van der Waals surface area contributed by atoms with Gasteiger partial charge < -0.3 is 4.52 Å². The molecule has 0 saturated heterocycles. The van der Waals surface area contributed by atoms with E-state index in [0.717, 1.165) is 17.9 Å². The Morgan fingerprint density at radius 2 is 1.44 bits per heavy atom. The van der Waals surface area contributed by atoms with Crippen LogP contribution in [0.25, 0.3) is 0 Å². The molecule has 2 fully saturated rings. The van der Waals surface area contributed by atoms with E-state index in [2.05, 4.69) is 6.92 Å². The van der Waals surface area contributed by atoms with E-state index < -0.39 is 0 Å². The Hall–Kier alpha value is 0.390. The Kier molecular flexibility index (Phi) is 5.59. The number of hydrogen-bond acceptors (Lipinski definition) is 1. The quantitative estimate of drug-likeness (QED) is 0.466. The molecule has 2 aliphatic rings. The van der Waals surface area contributed by atoms with Crippen LogP contribution in [0.2, 0.25) is 0 Å². The number of hydrogen-bond donors (Lipinski definition) is 0. The van der Waals surface area contributed by atoms with Crippen LogP contribution in [0.5, 0.6) is 0 Å². The van der Waals surface area contributed by atoms with Gasteiger partial charge in [0.05, 0.1) is 6.61 Å². The summed E-state index contributed by atoms with van der Waals surface area (Å²) < 4.78 is 6.32. The maximum Gasteiger partial charge on any atom is 0.0509 e. The fraction of sp³-hybridized carbons (Fsp3) is 1.00. The van der Waals surface area contributed by atoms with Gasteiger partial charge in [0.15, 0.2) is 0 Å². The van der Waals surface area contributed by atoms with E-state index in [0.29, 0.717) is 0 Å². The van der Waals surface area contributed by atoms with Crippen LogP contribution in [0.3, 0.4) is 0 Å². The lowest BCUT2D eigenvalue weighted by atomic mass is 10.4. The van der Waals surface area contributed by atoms with Gasteiger partial charge in [-0.25, -0.2) is 0 Å². The van der Waals surface area contributed by atoms with E-state index in [1.807, 2.05) is 0 Å². The summed E-state index contributed by atoms with van der Waals surface area (Å²) in [7, 11) is -0.0745. The summed E-state index contributed by atoms with van der Waals surface area (Å²) in [5.74, 6) is 0. The molecule has 0 atom stereocenters. The van der Waals surface area contributed by atoms with E-state index in [-0.39, 0.29) is 8.15 Å². The average Bonchev–Trinajstić information content (AvgIpc) is 2.97. The standard InChI is InChI=1S/C14H27OP/c1-2-3-12-15-16(13-8-4-5-9-13)14-10-6-7-11-14/h13-14H,2-12H2,1H3. The number of rotatable bonds is 6. The monoisotopic (exact) mass is 242 g/mol. The molecule has 0 bridgehead atoms. The van der Waals surface area contributed by atoms with Gasteiger partial charge >= 0.3 is 0 Å². The zero-order chi connectivity index (χ0) is 11.2. The first-order valence-corrected chi connectivity index (χ1v) is 8.73. The second-order valence-corrected chi connectivity index (χ2v) is 7.86. The molecule has 2 rings (SSSR count). The Balaban J connectivity index is 1.83. The van der Waals surface area contributed by atoms with E-state index in [9.17, 15) is 0 Å². The third kappa shape index (κ3) is 3.44. The molecule has 2 heteroatoms. The maximum atomic E-state index is 6.32. The summed E-state index contributed by atoms with van der Waals surface area (Å²) in [5, 5.41) is 0. The largest absolute Gasteiger partial charge is 0.359 e.